The zero-order valence-corrected chi connectivity index (χ0v) is 16.3. The second kappa shape index (κ2) is 7.46. The Hall–Kier alpha value is -1.40. The molecular weight excluding hydrogens is 316 g/mol. The Morgan fingerprint density at radius 3 is 2.52 bits per heavy atom. The van der Waals surface area contributed by atoms with Gasteiger partial charge in [-0.1, -0.05) is 13.3 Å². The van der Waals surface area contributed by atoms with Crippen LogP contribution in [-0.2, 0) is 16.6 Å². The third-order valence-electron chi connectivity index (χ3n) is 6.13. The SMILES string of the molecule is CC[C@@H]1CN(C(=O)[C@H](C)c2c(C)nn(C)c2C)C[C@@H]1N1CCOCC1. The molecular formula is C19H32N4O2. The van der Waals surface area contributed by atoms with Gasteiger partial charge in [0.25, 0.3) is 0 Å². The highest BCUT2D eigenvalue weighted by molar-refractivity contribution is 5.84. The predicted molar refractivity (Wildman–Crippen MR) is 97.6 cm³/mol. The quantitative estimate of drug-likeness (QED) is 0.831. The molecule has 3 heterocycles. The lowest BCUT2D eigenvalue weighted by Crippen LogP contribution is -2.47. The van der Waals surface area contributed by atoms with Gasteiger partial charge in [-0.2, -0.15) is 5.10 Å². The number of hydrogen-bond donors (Lipinski definition) is 0. The van der Waals surface area contributed by atoms with Crippen LogP contribution < -0.4 is 0 Å². The van der Waals surface area contributed by atoms with E-state index in [0.29, 0.717) is 12.0 Å². The number of aryl methyl sites for hydroxylation is 2. The number of amides is 1. The average molecular weight is 348 g/mol. The molecule has 0 aliphatic carbocycles. The van der Waals surface area contributed by atoms with Crippen molar-refractivity contribution in [1.82, 2.24) is 19.6 Å². The van der Waals surface area contributed by atoms with E-state index in [4.69, 9.17) is 4.74 Å². The first kappa shape index (κ1) is 18.4. The summed E-state index contributed by atoms with van der Waals surface area (Å²) < 4.78 is 7.37. The van der Waals surface area contributed by atoms with Crippen molar-refractivity contribution in [2.45, 2.75) is 46.1 Å². The van der Waals surface area contributed by atoms with Crippen LogP contribution in [0.4, 0.5) is 0 Å². The average Bonchev–Trinajstić information content (AvgIpc) is 3.15. The number of hydrogen-bond acceptors (Lipinski definition) is 4. The summed E-state index contributed by atoms with van der Waals surface area (Å²) in [5.74, 6) is 0.674. The second-order valence-electron chi connectivity index (χ2n) is 7.56. The van der Waals surface area contributed by atoms with Crippen LogP contribution in [0.25, 0.3) is 0 Å². The van der Waals surface area contributed by atoms with Gasteiger partial charge in [0, 0.05) is 50.5 Å². The van der Waals surface area contributed by atoms with Gasteiger partial charge in [0.05, 0.1) is 24.8 Å². The van der Waals surface area contributed by atoms with Gasteiger partial charge in [0.15, 0.2) is 0 Å². The molecule has 1 aromatic heterocycles. The molecule has 25 heavy (non-hydrogen) atoms. The van der Waals surface area contributed by atoms with E-state index in [-0.39, 0.29) is 11.8 Å². The normalized spacial score (nSPS) is 26.2. The van der Waals surface area contributed by atoms with Crippen molar-refractivity contribution in [3.05, 3.63) is 17.0 Å². The Morgan fingerprint density at radius 2 is 1.96 bits per heavy atom. The first-order chi connectivity index (χ1) is 11.9. The Bertz CT molecular complexity index is 621. The molecule has 140 valence electrons. The van der Waals surface area contributed by atoms with Crippen LogP contribution >= 0.6 is 0 Å². The van der Waals surface area contributed by atoms with Crippen molar-refractivity contribution in [3.63, 3.8) is 0 Å². The number of nitrogens with zero attached hydrogens (tertiary/aromatic N) is 4. The number of aromatic nitrogens is 2. The molecule has 0 aromatic carbocycles. The number of morpholine rings is 1. The zero-order chi connectivity index (χ0) is 18.1. The van der Waals surface area contributed by atoms with Crippen LogP contribution in [0, 0.1) is 19.8 Å². The molecule has 6 heteroatoms. The Morgan fingerprint density at radius 1 is 1.28 bits per heavy atom. The summed E-state index contributed by atoms with van der Waals surface area (Å²) in [4.78, 5) is 17.8. The number of carbonyl (C=O) groups is 1. The maximum Gasteiger partial charge on any atom is 0.230 e. The molecule has 0 unspecified atom stereocenters. The molecule has 1 aromatic rings. The maximum absolute atomic E-state index is 13.2. The van der Waals surface area contributed by atoms with Gasteiger partial charge in [-0.05, 0) is 26.7 Å². The van der Waals surface area contributed by atoms with Crippen molar-refractivity contribution in [1.29, 1.82) is 0 Å². The van der Waals surface area contributed by atoms with Crippen LogP contribution in [0.15, 0.2) is 0 Å². The van der Waals surface area contributed by atoms with Gasteiger partial charge in [-0.25, -0.2) is 0 Å². The van der Waals surface area contributed by atoms with Crippen molar-refractivity contribution in [2.75, 3.05) is 39.4 Å². The van der Waals surface area contributed by atoms with E-state index >= 15 is 0 Å². The van der Waals surface area contributed by atoms with Crippen LogP contribution in [-0.4, -0.2) is 70.9 Å². The molecule has 0 radical (unpaired) electrons. The van der Waals surface area contributed by atoms with Crippen molar-refractivity contribution in [2.24, 2.45) is 13.0 Å². The first-order valence-electron chi connectivity index (χ1n) is 9.54. The molecule has 2 fully saturated rings. The summed E-state index contributed by atoms with van der Waals surface area (Å²) in [6.45, 7) is 13.6. The van der Waals surface area contributed by atoms with E-state index < -0.39 is 0 Å². The second-order valence-corrected chi connectivity index (χ2v) is 7.56. The van der Waals surface area contributed by atoms with E-state index in [2.05, 4.69) is 28.7 Å². The van der Waals surface area contributed by atoms with Crippen LogP contribution in [0.3, 0.4) is 0 Å². The fourth-order valence-electron chi connectivity index (χ4n) is 4.57. The van der Waals surface area contributed by atoms with Crippen LogP contribution in [0.2, 0.25) is 0 Å². The summed E-state index contributed by atoms with van der Waals surface area (Å²) in [6.07, 6.45) is 1.12. The van der Waals surface area contributed by atoms with Gasteiger partial charge in [0.2, 0.25) is 5.91 Å². The molecule has 3 atom stereocenters. The van der Waals surface area contributed by atoms with Crippen LogP contribution in [0.5, 0.6) is 0 Å². The van der Waals surface area contributed by atoms with Crippen molar-refractivity contribution >= 4 is 5.91 Å². The summed E-state index contributed by atoms with van der Waals surface area (Å²) >= 11 is 0. The highest BCUT2D eigenvalue weighted by atomic mass is 16.5. The highest BCUT2D eigenvalue weighted by Crippen LogP contribution is 2.30. The first-order valence-corrected chi connectivity index (χ1v) is 9.54. The topological polar surface area (TPSA) is 50.6 Å². The van der Waals surface area contributed by atoms with E-state index in [0.717, 1.165) is 62.8 Å². The molecule has 6 nitrogen and oxygen atoms in total. The Labute approximate surface area is 151 Å². The Balaban J connectivity index is 1.73. The van der Waals surface area contributed by atoms with Gasteiger partial charge >= 0.3 is 0 Å². The predicted octanol–water partition coefficient (Wildman–Crippen LogP) is 1.71. The summed E-state index contributed by atoms with van der Waals surface area (Å²) in [5.41, 5.74) is 3.15. The lowest BCUT2D eigenvalue weighted by molar-refractivity contribution is -0.131. The molecule has 3 rings (SSSR count). The maximum atomic E-state index is 13.2. The van der Waals surface area contributed by atoms with Gasteiger partial charge in [-0.3, -0.25) is 14.4 Å². The standard InChI is InChI=1S/C19H32N4O2/c1-6-16-11-23(12-17(16)22-7-9-25-10-8-22)19(24)13(2)18-14(3)20-21(5)15(18)4/h13,16-17H,6-12H2,1-5H3/t13-,16-,17+/m1/s1. The summed E-state index contributed by atoms with van der Waals surface area (Å²) in [6, 6.07) is 0.473. The number of ether oxygens (including phenoxy) is 1. The minimum absolute atomic E-state index is 0.130. The number of likely N-dealkylation sites (tertiary alicyclic amines) is 1. The van der Waals surface area contributed by atoms with Crippen molar-refractivity contribution < 1.29 is 9.53 Å². The lowest BCUT2D eigenvalue weighted by Gasteiger charge is -2.34. The third-order valence-corrected chi connectivity index (χ3v) is 6.13. The fourth-order valence-corrected chi connectivity index (χ4v) is 4.57. The minimum Gasteiger partial charge on any atom is -0.379 e. The molecule has 2 aliphatic heterocycles. The van der Waals surface area contributed by atoms with Gasteiger partial charge < -0.3 is 9.64 Å². The highest BCUT2D eigenvalue weighted by Gasteiger charge is 2.39. The summed E-state index contributed by atoms with van der Waals surface area (Å²) in [7, 11) is 1.94. The lowest BCUT2D eigenvalue weighted by atomic mass is 9.97. The third kappa shape index (κ3) is 3.47. The minimum atomic E-state index is -0.130. The molecule has 2 aliphatic rings. The molecule has 0 N–H and O–H groups in total. The van der Waals surface area contributed by atoms with E-state index in [1.807, 2.05) is 25.6 Å². The summed E-state index contributed by atoms with van der Waals surface area (Å²) in [5, 5.41) is 4.48. The largest absolute Gasteiger partial charge is 0.379 e. The van der Waals surface area contributed by atoms with Gasteiger partial charge in [0.1, 0.15) is 0 Å². The van der Waals surface area contributed by atoms with Crippen molar-refractivity contribution in [3.8, 4) is 0 Å². The van der Waals surface area contributed by atoms with Crippen LogP contribution in [0.1, 0.15) is 43.1 Å². The van der Waals surface area contributed by atoms with E-state index in [9.17, 15) is 4.79 Å². The molecule has 1 amide bonds. The monoisotopic (exact) mass is 348 g/mol. The fraction of sp³-hybridized carbons (Fsp3) is 0.789. The molecule has 0 saturated carbocycles. The number of carbonyl (C=O) groups excluding carboxylic acids is 1. The molecule has 2 saturated heterocycles. The van der Waals surface area contributed by atoms with E-state index in [1.54, 1.807) is 0 Å². The zero-order valence-electron chi connectivity index (χ0n) is 16.3. The smallest absolute Gasteiger partial charge is 0.230 e. The molecule has 0 spiro atoms. The Kier molecular flexibility index (Phi) is 5.49. The number of rotatable bonds is 4. The molecule has 0 bridgehead atoms. The van der Waals surface area contributed by atoms with Gasteiger partial charge in [-0.15, -0.1) is 0 Å². The van der Waals surface area contributed by atoms with E-state index in [1.165, 1.54) is 0 Å².